The SMILES string of the molecule is C1CCCC([C]2CCC2)CCC1. The summed E-state index contributed by atoms with van der Waals surface area (Å²) in [5.74, 6) is 2.98. The Morgan fingerprint density at radius 2 is 1.25 bits per heavy atom. The van der Waals surface area contributed by atoms with Crippen LogP contribution in [0.1, 0.15) is 64.2 Å². The summed E-state index contributed by atoms with van der Waals surface area (Å²) >= 11 is 0. The van der Waals surface area contributed by atoms with E-state index in [1.165, 1.54) is 64.2 Å². The third kappa shape index (κ3) is 2.02. The molecule has 1 radical (unpaired) electrons. The van der Waals surface area contributed by atoms with Crippen LogP contribution in [-0.4, -0.2) is 0 Å². The maximum absolute atomic E-state index is 1.93. The van der Waals surface area contributed by atoms with Gasteiger partial charge in [-0.1, -0.05) is 38.5 Å². The first kappa shape index (κ1) is 8.59. The smallest absolute Gasteiger partial charge is 0.0210 e. The van der Waals surface area contributed by atoms with Crippen LogP contribution in [0, 0.1) is 11.8 Å². The first-order valence-electron chi connectivity index (χ1n) is 5.81. The highest BCUT2D eigenvalue weighted by atomic mass is 14.3. The Bertz CT molecular complexity index is 116. The van der Waals surface area contributed by atoms with Crippen molar-refractivity contribution in [1.82, 2.24) is 0 Å². The highest BCUT2D eigenvalue weighted by Gasteiger charge is 2.27. The second kappa shape index (κ2) is 4.30. The van der Waals surface area contributed by atoms with Gasteiger partial charge in [0.2, 0.25) is 0 Å². The molecule has 0 amide bonds. The fraction of sp³-hybridized carbons (Fsp3) is 0.917. The van der Waals surface area contributed by atoms with E-state index in [0.717, 1.165) is 5.92 Å². The van der Waals surface area contributed by atoms with Crippen molar-refractivity contribution in [3.63, 3.8) is 0 Å². The van der Waals surface area contributed by atoms with E-state index >= 15 is 0 Å². The molecule has 0 aliphatic heterocycles. The molecule has 0 heteroatoms. The van der Waals surface area contributed by atoms with Crippen molar-refractivity contribution < 1.29 is 0 Å². The van der Waals surface area contributed by atoms with E-state index in [1.807, 2.05) is 5.92 Å². The van der Waals surface area contributed by atoms with E-state index in [4.69, 9.17) is 0 Å². The lowest BCUT2D eigenvalue weighted by atomic mass is 9.71. The fourth-order valence-electron chi connectivity index (χ4n) is 2.65. The summed E-state index contributed by atoms with van der Waals surface area (Å²) in [5, 5.41) is 0. The van der Waals surface area contributed by atoms with Crippen molar-refractivity contribution in [1.29, 1.82) is 0 Å². The summed E-state index contributed by atoms with van der Waals surface area (Å²) in [6, 6.07) is 0. The molecule has 2 fully saturated rings. The summed E-state index contributed by atoms with van der Waals surface area (Å²) in [6.07, 6.45) is 15.0. The lowest BCUT2D eigenvalue weighted by molar-refractivity contribution is 0.322. The quantitative estimate of drug-likeness (QED) is 0.548. The minimum absolute atomic E-state index is 1.05. The van der Waals surface area contributed by atoms with Crippen LogP contribution in [0.2, 0.25) is 0 Å². The highest BCUT2D eigenvalue weighted by Crippen LogP contribution is 2.41. The van der Waals surface area contributed by atoms with Gasteiger partial charge in [-0.05, 0) is 37.5 Å². The van der Waals surface area contributed by atoms with Crippen molar-refractivity contribution in [2.24, 2.45) is 5.92 Å². The second-order valence-electron chi connectivity index (χ2n) is 4.55. The van der Waals surface area contributed by atoms with Gasteiger partial charge < -0.3 is 0 Å². The van der Waals surface area contributed by atoms with Crippen LogP contribution in [-0.2, 0) is 0 Å². The minimum atomic E-state index is 1.05. The average molecular weight is 165 g/mol. The molecule has 0 N–H and O–H groups in total. The summed E-state index contributed by atoms with van der Waals surface area (Å²) in [6.45, 7) is 0. The van der Waals surface area contributed by atoms with Crippen LogP contribution < -0.4 is 0 Å². The Labute approximate surface area is 76.7 Å². The van der Waals surface area contributed by atoms with Gasteiger partial charge in [-0.15, -0.1) is 0 Å². The van der Waals surface area contributed by atoms with Crippen molar-refractivity contribution in [3.05, 3.63) is 5.92 Å². The predicted molar refractivity (Wildman–Crippen MR) is 52.9 cm³/mol. The molecule has 0 saturated heterocycles. The molecule has 2 rings (SSSR count). The molecule has 0 unspecified atom stereocenters. The van der Waals surface area contributed by atoms with E-state index in [-0.39, 0.29) is 0 Å². The van der Waals surface area contributed by atoms with Crippen LogP contribution in [0.15, 0.2) is 0 Å². The average Bonchev–Trinajstić information content (AvgIpc) is 1.90. The summed E-state index contributed by atoms with van der Waals surface area (Å²) < 4.78 is 0. The lowest BCUT2D eigenvalue weighted by Gasteiger charge is -2.34. The zero-order valence-corrected chi connectivity index (χ0v) is 8.15. The molecule has 2 saturated carbocycles. The van der Waals surface area contributed by atoms with Gasteiger partial charge in [0.05, 0.1) is 0 Å². The maximum atomic E-state index is 1.93. The molecule has 2 aliphatic rings. The first-order valence-corrected chi connectivity index (χ1v) is 5.81. The monoisotopic (exact) mass is 165 g/mol. The van der Waals surface area contributed by atoms with E-state index in [9.17, 15) is 0 Å². The maximum Gasteiger partial charge on any atom is -0.0210 e. The molecule has 0 spiro atoms. The van der Waals surface area contributed by atoms with Crippen molar-refractivity contribution in [2.75, 3.05) is 0 Å². The van der Waals surface area contributed by atoms with E-state index in [1.54, 1.807) is 0 Å². The molecule has 0 atom stereocenters. The largest absolute Gasteiger partial charge is 0.0533 e. The number of rotatable bonds is 1. The molecule has 0 heterocycles. The summed E-state index contributed by atoms with van der Waals surface area (Å²) in [5.41, 5.74) is 0. The zero-order valence-electron chi connectivity index (χ0n) is 8.15. The molecular formula is C12H21. The standard InChI is InChI=1S/C12H21/c1-2-4-7-11(8-5-3-1)12-9-6-10-12/h11H,1-10H2. The topological polar surface area (TPSA) is 0 Å². The van der Waals surface area contributed by atoms with Gasteiger partial charge in [-0.25, -0.2) is 0 Å². The Balaban J connectivity index is 1.77. The van der Waals surface area contributed by atoms with Gasteiger partial charge in [0.25, 0.3) is 0 Å². The molecule has 69 valence electrons. The molecule has 2 aliphatic carbocycles. The zero-order chi connectivity index (χ0) is 8.23. The lowest BCUT2D eigenvalue weighted by Crippen LogP contribution is -2.20. The van der Waals surface area contributed by atoms with Crippen LogP contribution in [0.25, 0.3) is 0 Å². The van der Waals surface area contributed by atoms with Gasteiger partial charge in [-0.2, -0.15) is 0 Å². The van der Waals surface area contributed by atoms with E-state index in [2.05, 4.69) is 0 Å². The van der Waals surface area contributed by atoms with E-state index < -0.39 is 0 Å². The van der Waals surface area contributed by atoms with Gasteiger partial charge in [0.15, 0.2) is 0 Å². The Morgan fingerprint density at radius 1 is 0.667 bits per heavy atom. The Hall–Kier alpha value is 0. The summed E-state index contributed by atoms with van der Waals surface area (Å²) in [4.78, 5) is 0. The first-order chi connectivity index (χ1) is 5.97. The number of hydrogen-bond acceptors (Lipinski definition) is 0. The predicted octanol–water partition coefficient (Wildman–Crippen LogP) is 4.11. The molecule has 12 heavy (non-hydrogen) atoms. The minimum Gasteiger partial charge on any atom is -0.0533 e. The summed E-state index contributed by atoms with van der Waals surface area (Å²) in [7, 11) is 0. The molecular weight excluding hydrogens is 144 g/mol. The fourth-order valence-corrected chi connectivity index (χ4v) is 2.65. The van der Waals surface area contributed by atoms with Gasteiger partial charge >= 0.3 is 0 Å². The normalized spacial score (nSPS) is 29.0. The second-order valence-corrected chi connectivity index (χ2v) is 4.55. The Morgan fingerprint density at radius 3 is 1.75 bits per heavy atom. The number of hydrogen-bond donors (Lipinski definition) is 0. The Kier molecular flexibility index (Phi) is 3.08. The highest BCUT2D eigenvalue weighted by molar-refractivity contribution is 5.03. The van der Waals surface area contributed by atoms with Crippen LogP contribution in [0.4, 0.5) is 0 Å². The van der Waals surface area contributed by atoms with E-state index in [0.29, 0.717) is 0 Å². The van der Waals surface area contributed by atoms with Gasteiger partial charge in [0.1, 0.15) is 0 Å². The van der Waals surface area contributed by atoms with Crippen molar-refractivity contribution >= 4 is 0 Å². The van der Waals surface area contributed by atoms with Gasteiger partial charge in [0, 0.05) is 0 Å². The van der Waals surface area contributed by atoms with Crippen LogP contribution in [0.3, 0.4) is 0 Å². The molecule has 0 aromatic heterocycles. The third-order valence-electron chi connectivity index (χ3n) is 3.68. The van der Waals surface area contributed by atoms with Crippen LogP contribution >= 0.6 is 0 Å². The van der Waals surface area contributed by atoms with Crippen molar-refractivity contribution in [2.45, 2.75) is 64.2 Å². The van der Waals surface area contributed by atoms with Gasteiger partial charge in [-0.3, -0.25) is 0 Å². The molecule has 0 aromatic carbocycles. The molecule has 0 aromatic rings. The van der Waals surface area contributed by atoms with Crippen molar-refractivity contribution in [3.8, 4) is 0 Å². The van der Waals surface area contributed by atoms with Crippen LogP contribution in [0.5, 0.6) is 0 Å². The third-order valence-corrected chi connectivity index (χ3v) is 3.68. The molecule has 0 nitrogen and oxygen atoms in total. The molecule has 0 bridgehead atoms.